The average Bonchev–Trinajstić information content (AvgIpc) is 3.13. The van der Waals surface area contributed by atoms with Crippen LogP contribution in [0.15, 0.2) is 24.3 Å². The number of rotatable bonds is 5. The van der Waals surface area contributed by atoms with Crippen molar-refractivity contribution >= 4 is 23.4 Å². The van der Waals surface area contributed by atoms with Crippen molar-refractivity contribution in [1.82, 2.24) is 10.2 Å². The van der Waals surface area contributed by atoms with E-state index in [0.29, 0.717) is 17.4 Å². The molecule has 148 valence electrons. The van der Waals surface area contributed by atoms with Gasteiger partial charge in [0.1, 0.15) is 0 Å². The van der Waals surface area contributed by atoms with E-state index in [1.807, 2.05) is 29.2 Å². The monoisotopic (exact) mass is 390 g/mol. The second-order valence-electron chi connectivity index (χ2n) is 8.53. The molecule has 4 nitrogen and oxygen atoms in total. The summed E-state index contributed by atoms with van der Waals surface area (Å²) < 4.78 is 0. The minimum Gasteiger partial charge on any atom is -0.352 e. The van der Waals surface area contributed by atoms with Crippen LogP contribution in [0.2, 0.25) is 5.02 Å². The van der Waals surface area contributed by atoms with E-state index in [9.17, 15) is 9.59 Å². The number of hydrogen-bond acceptors (Lipinski definition) is 2. The summed E-state index contributed by atoms with van der Waals surface area (Å²) in [4.78, 5) is 27.5. The first-order chi connectivity index (χ1) is 12.9. The molecule has 2 fully saturated rings. The molecule has 2 amide bonds. The summed E-state index contributed by atoms with van der Waals surface area (Å²) in [5, 5.41) is 3.98. The van der Waals surface area contributed by atoms with Gasteiger partial charge in [-0.3, -0.25) is 9.59 Å². The molecule has 1 saturated heterocycles. The van der Waals surface area contributed by atoms with Crippen molar-refractivity contribution in [2.45, 2.75) is 70.3 Å². The van der Waals surface area contributed by atoms with Crippen LogP contribution in [0, 0.1) is 5.92 Å². The lowest BCUT2D eigenvalue weighted by Gasteiger charge is -2.36. The van der Waals surface area contributed by atoms with Crippen LogP contribution in [-0.4, -0.2) is 35.8 Å². The average molecular weight is 391 g/mol. The molecule has 1 saturated carbocycles. The van der Waals surface area contributed by atoms with Crippen molar-refractivity contribution in [2.75, 3.05) is 13.1 Å². The van der Waals surface area contributed by atoms with Gasteiger partial charge < -0.3 is 10.2 Å². The van der Waals surface area contributed by atoms with Crippen LogP contribution in [0.1, 0.15) is 64.4 Å². The maximum atomic E-state index is 13.3. The number of likely N-dealkylation sites (tertiary alicyclic amines) is 1. The van der Waals surface area contributed by atoms with Crippen molar-refractivity contribution in [3.8, 4) is 0 Å². The van der Waals surface area contributed by atoms with Crippen LogP contribution >= 0.6 is 11.6 Å². The Morgan fingerprint density at radius 3 is 2.48 bits per heavy atom. The predicted octanol–water partition coefficient (Wildman–Crippen LogP) is 4.31. The smallest absolute Gasteiger partial charge is 0.230 e. The van der Waals surface area contributed by atoms with E-state index in [1.54, 1.807) is 0 Å². The molecule has 0 unspecified atom stereocenters. The Morgan fingerprint density at radius 2 is 1.89 bits per heavy atom. The molecular formula is C22H31ClN2O2. The van der Waals surface area contributed by atoms with Crippen LogP contribution in [-0.2, 0) is 15.0 Å². The van der Waals surface area contributed by atoms with Gasteiger partial charge in [-0.1, -0.05) is 50.4 Å². The van der Waals surface area contributed by atoms with Crippen molar-refractivity contribution < 1.29 is 9.59 Å². The fourth-order valence-electron chi connectivity index (χ4n) is 4.49. The Labute approximate surface area is 167 Å². The number of carbonyl (C=O) groups is 2. The third-order valence-corrected chi connectivity index (χ3v) is 6.27. The Hall–Kier alpha value is -1.55. The molecule has 27 heavy (non-hydrogen) atoms. The van der Waals surface area contributed by atoms with E-state index < -0.39 is 5.41 Å². The number of hydrogen-bond donors (Lipinski definition) is 1. The van der Waals surface area contributed by atoms with Crippen LogP contribution in [0.5, 0.6) is 0 Å². The molecule has 5 heteroatoms. The maximum Gasteiger partial charge on any atom is 0.230 e. The highest BCUT2D eigenvalue weighted by Crippen LogP contribution is 2.42. The summed E-state index contributed by atoms with van der Waals surface area (Å²) in [6.45, 7) is 5.62. The summed E-state index contributed by atoms with van der Waals surface area (Å²) in [6.07, 6.45) is 6.18. The van der Waals surface area contributed by atoms with Gasteiger partial charge in [0.15, 0.2) is 0 Å². The van der Waals surface area contributed by atoms with E-state index in [1.165, 1.54) is 0 Å². The molecule has 0 bridgehead atoms. The molecule has 1 N–H and O–H groups in total. The van der Waals surface area contributed by atoms with Crippen molar-refractivity contribution in [3.63, 3.8) is 0 Å². The van der Waals surface area contributed by atoms with E-state index in [-0.39, 0.29) is 17.9 Å². The van der Waals surface area contributed by atoms with Crippen molar-refractivity contribution in [3.05, 3.63) is 34.9 Å². The standard InChI is InChI=1S/C22H31ClN2O2/c1-16(2)14-20(26)25-12-8-19(9-13-25)24-21(27)22(10-3-4-11-22)17-6-5-7-18(23)15-17/h5-7,15-16,19H,3-4,8-14H2,1-2H3,(H,24,27). The van der Waals surface area contributed by atoms with Gasteiger partial charge >= 0.3 is 0 Å². The number of carbonyl (C=O) groups excluding carboxylic acids is 2. The summed E-state index contributed by atoms with van der Waals surface area (Å²) in [7, 11) is 0. The fourth-order valence-corrected chi connectivity index (χ4v) is 4.68. The normalized spacial score (nSPS) is 20.1. The van der Waals surface area contributed by atoms with Gasteiger partial charge in [-0.25, -0.2) is 0 Å². The second kappa shape index (κ2) is 8.64. The molecule has 1 heterocycles. The van der Waals surface area contributed by atoms with E-state index in [0.717, 1.165) is 57.2 Å². The van der Waals surface area contributed by atoms with Gasteiger partial charge in [0.2, 0.25) is 11.8 Å². The van der Waals surface area contributed by atoms with Gasteiger partial charge in [-0.15, -0.1) is 0 Å². The minimum absolute atomic E-state index is 0.134. The molecule has 1 aliphatic carbocycles. The van der Waals surface area contributed by atoms with Crippen molar-refractivity contribution in [1.29, 1.82) is 0 Å². The van der Waals surface area contributed by atoms with Gasteiger partial charge in [0, 0.05) is 30.6 Å². The molecule has 1 aromatic carbocycles. The topological polar surface area (TPSA) is 49.4 Å². The number of nitrogens with zero attached hydrogens (tertiary/aromatic N) is 1. The first kappa shape index (κ1) is 20.2. The zero-order valence-corrected chi connectivity index (χ0v) is 17.2. The molecule has 0 spiro atoms. The minimum atomic E-state index is -0.449. The Balaban J connectivity index is 1.62. The molecule has 3 rings (SSSR count). The first-order valence-corrected chi connectivity index (χ1v) is 10.6. The predicted molar refractivity (Wildman–Crippen MR) is 109 cm³/mol. The summed E-state index contributed by atoms with van der Waals surface area (Å²) >= 11 is 6.19. The van der Waals surface area contributed by atoms with Crippen molar-refractivity contribution in [2.24, 2.45) is 5.92 Å². The lowest BCUT2D eigenvalue weighted by Crippen LogP contribution is -2.51. The lowest BCUT2D eigenvalue weighted by atomic mass is 9.77. The second-order valence-corrected chi connectivity index (χ2v) is 8.96. The number of amides is 2. The van der Waals surface area contributed by atoms with Crippen LogP contribution in [0.25, 0.3) is 0 Å². The zero-order chi connectivity index (χ0) is 19.4. The molecule has 0 atom stereocenters. The lowest BCUT2D eigenvalue weighted by molar-refractivity contribution is -0.133. The Bertz CT molecular complexity index is 675. The van der Waals surface area contributed by atoms with Crippen LogP contribution in [0.4, 0.5) is 0 Å². The maximum absolute atomic E-state index is 13.3. The third-order valence-electron chi connectivity index (χ3n) is 6.03. The van der Waals surface area contributed by atoms with E-state index in [4.69, 9.17) is 11.6 Å². The number of halogens is 1. The van der Waals surface area contributed by atoms with Gasteiger partial charge in [0.25, 0.3) is 0 Å². The molecule has 1 aliphatic heterocycles. The fraction of sp³-hybridized carbons (Fsp3) is 0.636. The molecule has 2 aliphatic rings. The van der Waals surface area contributed by atoms with Crippen LogP contribution < -0.4 is 5.32 Å². The molecule has 0 radical (unpaired) electrons. The molecule has 1 aromatic rings. The van der Waals surface area contributed by atoms with Gasteiger partial charge in [0.05, 0.1) is 5.41 Å². The SMILES string of the molecule is CC(C)CC(=O)N1CCC(NC(=O)C2(c3cccc(Cl)c3)CCCC2)CC1. The number of nitrogens with one attached hydrogen (secondary N) is 1. The van der Waals surface area contributed by atoms with Gasteiger partial charge in [-0.05, 0) is 49.3 Å². The summed E-state index contributed by atoms with van der Waals surface area (Å²) in [5.41, 5.74) is 0.588. The zero-order valence-electron chi connectivity index (χ0n) is 16.5. The number of benzene rings is 1. The highest BCUT2D eigenvalue weighted by atomic mass is 35.5. The van der Waals surface area contributed by atoms with E-state index >= 15 is 0 Å². The van der Waals surface area contributed by atoms with Gasteiger partial charge in [-0.2, -0.15) is 0 Å². The van der Waals surface area contributed by atoms with Crippen LogP contribution in [0.3, 0.4) is 0 Å². The largest absolute Gasteiger partial charge is 0.352 e. The highest BCUT2D eigenvalue weighted by Gasteiger charge is 2.43. The van der Waals surface area contributed by atoms with E-state index in [2.05, 4.69) is 19.2 Å². The number of piperidine rings is 1. The first-order valence-electron chi connectivity index (χ1n) is 10.3. The Morgan fingerprint density at radius 1 is 1.22 bits per heavy atom. The third kappa shape index (κ3) is 4.66. The molecular weight excluding hydrogens is 360 g/mol. The summed E-state index contributed by atoms with van der Waals surface area (Å²) in [6, 6.07) is 7.92. The summed E-state index contributed by atoms with van der Waals surface area (Å²) in [5.74, 6) is 0.755. The quantitative estimate of drug-likeness (QED) is 0.814. The Kier molecular flexibility index (Phi) is 6.46. The highest BCUT2D eigenvalue weighted by molar-refractivity contribution is 6.30. The molecule has 0 aromatic heterocycles.